The van der Waals surface area contributed by atoms with Gasteiger partial charge in [-0.05, 0) is 36.8 Å². The third-order valence-electron chi connectivity index (χ3n) is 3.03. The van der Waals surface area contributed by atoms with Crippen molar-refractivity contribution in [2.45, 2.75) is 6.92 Å². The maximum atomic E-state index is 5.93. The fourth-order valence-corrected chi connectivity index (χ4v) is 1.79. The SMILES string of the molecule is Cc1cc(N=C2C=CC(=[N+](C)C)C=C2)c(N)cc1N.Cl. The summed E-state index contributed by atoms with van der Waals surface area (Å²) < 4.78 is 2.05. The van der Waals surface area contributed by atoms with Gasteiger partial charge in [0.05, 0.1) is 17.1 Å². The quantitative estimate of drug-likeness (QED) is 0.474. The van der Waals surface area contributed by atoms with Crippen LogP contribution in [0.5, 0.6) is 0 Å². The molecular weight excluding hydrogens is 272 g/mol. The van der Waals surface area contributed by atoms with Crippen LogP contribution in [-0.4, -0.2) is 30.1 Å². The molecule has 1 aliphatic rings. The second-order valence-electron chi connectivity index (χ2n) is 4.79. The highest BCUT2D eigenvalue weighted by Crippen LogP contribution is 2.28. The first kappa shape index (κ1) is 16.0. The molecule has 0 radical (unpaired) electrons. The molecule has 0 aliphatic heterocycles. The van der Waals surface area contributed by atoms with E-state index in [0.29, 0.717) is 11.4 Å². The maximum Gasteiger partial charge on any atom is 0.199 e. The predicted octanol–water partition coefficient (Wildman–Crippen LogP) is 2.49. The van der Waals surface area contributed by atoms with E-state index in [4.69, 9.17) is 11.5 Å². The number of nitrogens with zero attached hydrogens (tertiary/aromatic N) is 2. The Hall–Kier alpha value is -2.07. The highest BCUT2D eigenvalue weighted by atomic mass is 35.5. The summed E-state index contributed by atoms with van der Waals surface area (Å²) in [4.78, 5) is 4.54. The number of rotatable bonds is 1. The number of aryl methyl sites for hydroxylation is 1. The summed E-state index contributed by atoms with van der Waals surface area (Å²) in [5, 5.41) is 0. The number of nitrogens with two attached hydrogens (primary N) is 2. The minimum Gasteiger partial charge on any atom is -0.398 e. The average Bonchev–Trinajstić information content (AvgIpc) is 2.36. The lowest BCUT2D eigenvalue weighted by atomic mass is 10.1. The van der Waals surface area contributed by atoms with Crippen LogP contribution in [0.4, 0.5) is 17.1 Å². The fraction of sp³-hybridized carbons (Fsp3) is 0.200. The van der Waals surface area contributed by atoms with E-state index in [-0.39, 0.29) is 12.4 Å². The number of allylic oxidation sites excluding steroid dienone is 4. The number of aliphatic imine (C=N–C) groups is 1. The zero-order valence-corrected chi connectivity index (χ0v) is 12.7. The van der Waals surface area contributed by atoms with Crippen molar-refractivity contribution in [1.82, 2.24) is 0 Å². The molecule has 1 aliphatic carbocycles. The van der Waals surface area contributed by atoms with Crippen LogP contribution in [0.25, 0.3) is 0 Å². The highest BCUT2D eigenvalue weighted by Gasteiger charge is 2.07. The average molecular weight is 292 g/mol. The van der Waals surface area contributed by atoms with E-state index in [1.54, 1.807) is 6.07 Å². The number of hydrogen-bond acceptors (Lipinski definition) is 3. The molecule has 0 bridgehead atoms. The Bertz CT molecular complexity index is 618. The van der Waals surface area contributed by atoms with Gasteiger partial charge in [0.15, 0.2) is 5.71 Å². The van der Waals surface area contributed by atoms with Gasteiger partial charge < -0.3 is 11.5 Å². The van der Waals surface area contributed by atoms with E-state index in [1.807, 2.05) is 56.0 Å². The summed E-state index contributed by atoms with van der Waals surface area (Å²) in [5.74, 6) is 0. The smallest absolute Gasteiger partial charge is 0.199 e. The molecule has 5 heteroatoms. The molecule has 106 valence electrons. The second-order valence-corrected chi connectivity index (χ2v) is 4.79. The molecule has 4 N–H and O–H groups in total. The first-order valence-corrected chi connectivity index (χ1v) is 6.12. The number of hydrogen-bond donors (Lipinski definition) is 2. The molecule has 0 heterocycles. The molecule has 0 fully saturated rings. The van der Waals surface area contributed by atoms with Gasteiger partial charge in [-0.25, -0.2) is 9.57 Å². The summed E-state index contributed by atoms with van der Waals surface area (Å²) >= 11 is 0. The van der Waals surface area contributed by atoms with Crippen LogP contribution in [0, 0.1) is 6.92 Å². The summed E-state index contributed by atoms with van der Waals surface area (Å²) in [6.07, 6.45) is 8.00. The van der Waals surface area contributed by atoms with Gasteiger partial charge in [-0.2, -0.15) is 0 Å². The van der Waals surface area contributed by atoms with Gasteiger partial charge >= 0.3 is 0 Å². The minimum absolute atomic E-state index is 0. The number of benzene rings is 1. The van der Waals surface area contributed by atoms with Crippen molar-refractivity contribution in [2.24, 2.45) is 4.99 Å². The third-order valence-corrected chi connectivity index (χ3v) is 3.03. The molecule has 1 aromatic carbocycles. The first-order chi connectivity index (χ1) is 8.97. The van der Waals surface area contributed by atoms with Gasteiger partial charge in [-0.1, -0.05) is 0 Å². The zero-order chi connectivity index (χ0) is 14.0. The molecule has 0 atom stereocenters. The van der Waals surface area contributed by atoms with Crippen LogP contribution >= 0.6 is 12.4 Å². The van der Waals surface area contributed by atoms with Crippen molar-refractivity contribution >= 4 is 40.9 Å². The van der Waals surface area contributed by atoms with Gasteiger partial charge in [0.25, 0.3) is 0 Å². The Morgan fingerprint density at radius 2 is 1.55 bits per heavy atom. The molecular formula is C15H20ClN4+. The normalized spacial score (nSPS) is 13.2. The first-order valence-electron chi connectivity index (χ1n) is 6.12. The number of halogens is 1. The molecule has 0 saturated heterocycles. The van der Waals surface area contributed by atoms with Crippen molar-refractivity contribution in [3.8, 4) is 0 Å². The summed E-state index contributed by atoms with van der Waals surface area (Å²) in [6, 6.07) is 3.66. The van der Waals surface area contributed by atoms with Gasteiger partial charge in [0, 0.05) is 17.8 Å². The van der Waals surface area contributed by atoms with E-state index < -0.39 is 0 Å². The molecule has 0 unspecified atom stereocenters. The van der Waals surface area contributed by atoms with Crippen LogP contribution in [0.3, 0.4) is 0 Å². The van der Waals surface area contributed by atoms with Crippen molar-refractivity contribution in [3.05, 3.63) is 42.0 Å². The Kier molecular flexibility index (Phi) is 5.11. The standard InChI is InChI=1S/C15H18N4.ClH/c1-10-8-15(14(17)9-13(10)16)18-11-4-6-12(7-5-11)19(2)3;/h4-9H,1-3H3,(H3,16,17);1H/p+1. The Morgan fingerprint density at radius 3 is 2.10 bits per heavy atom. The van der Waals surface area contributed by atoms with Gasteiger partial charge in [-0.15, -0.1) is 12.4 Å². The van der Waals surface area contributed by atoms with Gasteiger partial charge in [-0.3, -0.25) is 0 Å². The Balaban J connectivity index is 0.00000200. The van der Waals surface area contributed by atoms with Gasteiger partial charge in [0.1, 0.15) is 14.1 Å². The van der Waals surface area contributed by atoms with Crippen molar-refractivity contribution in [3.63, 3.8) is 0 Å². The predicted molar refractivity (Wildman–Crippen MR) is 89.7 cm³/mol. The summed E-state index contributed by atoms with van der Waals surface area (Å²) in [6.45, 7) is 1.95. The van der Waals surface area contributed by atoms with Crippen molar-refractivity contribution < 1.29 is 4.58 Å². The lowest BCUT2D eigenvalue weighted by Gasteiger charge is -2.07. The van der Waals surface area contributed by atoms with Crippen LogP contribution in [0.1, 0.15) is 5.56 Å². The maximum absolute atomic E-state index is 5.93. The molecule has 0 spiro atoms. The third kappa shape index (κ3) is 3.48. The summed E-state index contributed by atoms with van der Waals surface area (Å²) in [7, 11) is 4.01. The lowest BCUT2D eigenvalue weighted by Crippen LogP contribution is -2.11. The largest absolute Gasteiger partial charge is 0.398 e. The van der Waals surface area contributed by atoms with E-state index >= 15 is 0 Å². The molecule has 0 aromatic heterocycles. The molecule has 4 nitrogen and oxygen atoms in total. The second kappa shape index (κ2) is 6.39. The molecule has 2 rings (SSSR count). The van der Waals surface area contributed by atoms with Crippen LogP contribution < -0.4 is 11.5 Å². The summed E-state index contributed by atoms with van der Waals surface area (Å²) in [5.41, 5.74) is 16.8. The Labute approximate surface area is 125 Å². The monoisotopic (exact) mass is 291 g/mol. The van der Waals surface area contributed by atoms with E-state index in [1.165, 1.54) is 0 Å². The zero-order valence-electron chi connectivity index (χ0n) is 11.9. The van der Waals surface area contributed by atoms with E-state index in [2.05, 4.69) is 4.99 Å². The molecule has 0 amide bonds. The minimum atomic E-state index is 0. The molecule has 20 heavy (non-hydrogen) atoms. The van der Waals surface area contributed by atoms with E-state index in [9.17, 15) is 0 Å². The van der Waals surface area contributed by atoms with Crippen LogP contribution in [-0.2, 0) is 0 Å². The molecule has 1 aromatic rings. The topological polar surface area (TPSA) is 67.4 Å². The number of nitrogen functional groups attached to an aromatic ring is 2. The number of anilines is 2. The van der Waals surface area contributed by atoms with Crippen LogP contribution in [0.2, 0.25) is 0 Å². The molecule has 0 saturated carbocycles. The fourth-order valence-electron chi connectivity index (χ4n) is 1.79. The van der Waals surface area contributed by atoms with Crippen LogP contribution in [0.15, 0.2) is 41.4 Å². The van der Waals surface area contributed by atoms with Crippen molar-refractivity contribution in [1.29, 1.82) is 0 Å². The van der Waals surface area contributed by atoms with E-state index in [0.717, 1.165) is 22.7 Å². The van der Waals surface area contributed by atoms with Crippen molar-refractivity contribution in [2.75, 3.05) is 25.6 Å². The highest BCUT2D eigenvalue weighted by molar-refractivity contribution is 6.17. The lowest BCUT2D eigenvalue weighted by molar-refractivity contribution is -0.462. The Morgan fingerprint density at radius 1 is 0.950 bits per heavy atom. The van der Waals surface area contributed by atoms with Gasteiger partial charge in [0.2, 0.25) is 0 Å².